The Morgan fingerprint density at radius 1 is 1.33 bits per heavy atom. The number of carboxylic acids is 1. The Balaban J connectivity index is 1.95. The second-order valence-corrected chi connectivity index (χ2v) is 5.68. The third kappa shape index (κ3) is 3.42. The van der Waals surface area contributed by atoms with Gasteiger partial charge >= 0.3 is 5.97 Å². The number of carboxylic acid groups (broad SMARTS) is 1. The Morgan fingerprint density at radius 2 is 2.00 bits per heavy atom. The van der Waals surface area contributed by atoms with Crippen molar-refractivity contribution in [1.82, 2.24) is 10.2 Å². The molecule has 5 nitrogen and oxygen atoms in total. The van der Waals surface area contributed by atoms with Gasteiger partial charge < -0.3 is 10.0 Å². The molecule has 0 saturated heterocycles. The second kappa shape index (κ2) is 6.26. The first-order chi connectivity index (χ1) is 9.96. The molecule has 1 aromatic carbocycles. The highest BCUT2D eigenvalue weighted by Crippen LogP contribution is 2.18. The molecule has 0 fully saturated rings. The van der Waals surface area contributed by atoms with Crippen molar-refractivity contribution in [2.24, 2.45) is 0 Å². The molecule has 1 aliphatic rings. The standard InChI is InChI=1S/C16H22N2O3/c1-3-16(2,15(20)21)17-10-14(19)18-9-8-12-6-4-5-7-13(12)11-18/h4-7,17H,3,8-11H2,1-2H3,(H,20,21). The lowest BCUT2D eigenvalue weighted by molar-refractivity contribution is -0.144. The van der Waals surface area contributed by atoms with Crippen molar-refractivity contribution in [2.75, 3.05) is 13.1 Å². The summed E-state index contributed by atoms with van der Waals surface area (Å²) in [5, 5.41) is 12.1. The third-order valence-electron chi connectivity index (χ3n) is 4.29. The van der Waals surface area contributed by atoms with Gasteiger partial charge in [-0.1, -0.05) is 31.2 Å². The Bertz CT molecular complexity index is 544. The summed E-state index contributed by atoms with van der Waals surface area (Å²) < 4.78 is 0. The van der Waals surface area contributed by atoms with Crippen molar-refractivity contribution in [3.8, 4) is 0 Å². The van der Waals surface area contributed by atoms with E-state index in [0.717, 1.165) is 6.42 Å². The molecule has 0 saturated carbocycles. The SMILES string of the molecule is CCC(C)(NCC(=O)N1CCc2ccccc2C1)C(=O)O. The first-order valence-electron chi connectivity index (χ1n) is 7.29. The fourth-order valence-electron chi connectivity index (χ4n) is 2.44. The van der Waals surface area contributed by atoms with Crippen LogP contribution in [0.3, 0.4) is 0 Å². The molecule has 0 spiro atoms. The van der Waals surface area contributed by atoms with Crippen LogP contribution in [0.5, 0.6) is 0 Å². The van der Waals surface area contributed by atoms with Gasteiger partial charge in [-0.2, -0.15) is 0 Å². The van der Waals surface area contributed by atoms with E-state index < -0.39 is 11.5 Å². The van der Waals surface area contributed by atoms with Crippen LogP contribution < -0.4 is 5.32 Å². The number of carbonyl (C=O) groups is 2. The van der Waals surface area contributed by atoms with Crippen LogP contribution >= 0.6 is 0 Å². The Kier molecular flexibility index (Phi) is 4.63. The van der Waals surface area contributed by atoms with Crippen LogP contribution in [0.1, 0.15) is 31.4 Å². The molecule has 2 rings (SSSR count). The summed E-state index contributed by atoms with van der Waals surface area (Å²) >= 11 is 0. The highest BCUT2D eigenvalue weighted by molar-refractivity contribution is 5.82. The van der Waals surface area contributed by atoms with Gasteiger partial charge in [0.1, 0.15) is 5.54 Å². The average molecular weight is 290 g/mol. The number of hydrogen-bond acceptors (Lipinski definition) is 3. The van der Waals surface area contributed by atoms with E-state index in [2.05, 4.69) is 11.4 Å². The number of hydrogen-bond donors (Lipinski definition) is 2. The fourth-order valence-corrected chi connectivity index (χ4v) is 2.44. The van der Waals surface area contributed by atoms with Gasteiger partial charge in [0.2, 0.25) is 5.91 Å². The third-order valence-corrected chi connectivity index (χ3v) is 4.29. The number of nitrogens with zero attached hydrogens (tertiary/aromatic N) is 1. The first-order valence-corrected chi connectivity index (χ1v) is 7.29. The zero-order chi connectivity index (χ0) is 15.5. The minimum atomic E-state index is -1.05. The zero-order valence-electron chi connectivity index (χ0n) is 12.6. The molecule has 1 aromatic rings. The molecule has 1 heterocycles. The van der Waals surface area contributed by atoms with Gasteiger partial charge in [0, 0.05) is 13.1 Å². The molecule has 5 heteroatoms. The molecule has 0 aliphatic carbocycles. The van der Waals surface area contributed by atoms with E-state index in [9.17, 15) is 14.7 Å². The zero-order valence-corrected chi connectivity index (χ0v) is 12.6. The van der Waals surface area contributed by atoms with Gasteiger partial charge in [0.15, 0.2) is 0 Å². The number of fused-ring (bicyclic) bond motifs is 1. The number of benzene rings is 1. The minimum Gasteiger partial charge on any atom is -0.480 e. The molecule has 2 N–H and O–H groups in total. The molecule has 0 aromatic heterocycles. The lowest BCUT2D eigenvalue weighted by Gasteiger charge is -2.31. The van der Waals surface area contributed by atoms with Crippen LogP contribution in [0, 0.1) is 0 Å². The molecule has 1 aliphatic heterocycles. The molecule has 1 atom stereocenters. The van der Waals surface area contributed by atoms with Crippen LogP contribution in [0.4, 0.5) is 0 Å². The van der Waals surface area contributed by atoms with E-state index in [1.807, 2.05) is 18.2 Å². The van der Waals surface area contributed by atoms with E-state index in [1.54, 1.807) is 18.7 Å². The second-order valence-electron chi connectivity index (χ2n) is 5.68. The number of aliphatic carboxylic acids is 1. The quantitative estimate of drug-likeness (QED) is 0.860. The minimum absolute atomic E-state index is 0.0505. The molecule has 21 heavy (non-hydrogen) atoms. The highest BCUT2D eigenvalue weighted by atomic mass is 16.4. The smallest absolute Gasteiger partial charge is 0.323 e. The van der Waals surface area contributed by atoms with Crippen molar-refractivity contribution in [2.45, 2.75) is 38.8 Å². The summed E-state index contributed by atoms with van der Waals surface area (Å²) in [7, 11) is 0. The van der Waals surface area contributed by atoms with Crippen LogP contribution in [-0.2, 0) is 22.6 Å². The van der Waals surface area contributed by atoms with Gasteiger partial charge in [-0.15, -0.1) is 0 Å². The largest absolute Gasteiger partial charge is 0.480 e. The van der Waals surface area contributed by atoms with Gasteiger partial charge in [-0.25, -0.2) is 0 Å². The summed E-state index contributed by atoms with van der Waals surface area (Å²) in [4.78, 5) is 25.3. The van der Waals surface area contributed by atoms with E-state index in [4.69, 9.17) is 0 Å². The molecule has 1 unspecified atom stereocenters. The molecule has 114 valence electrons. The Morgan fingerprint density at radius 3 is 2.62 bits per heavy atom. The van der Waals surface area contributed by atoms with Crippen molar-refractivity contribution in [1.29, 1.82) is 0 Å². The van der Waals surface area contributed by atoms with Gasteiger partial charge in [-0.05, 0) is 30.9 Å². The maximum Gasteiger partial charge on any atom is 0.323 e. The first kappa shape index (κ1) is 15.5. The van der Waals surface area contributed by atoms with Crippen molar-refractivity contribution < 1.29 is 14.7 Å². The summed E-state index contributed by atoms with van der Waals surface area (Å²) in [6, 6.07) is 8.12. The predicted molar refractivity (Wildman–Crippen MR) is 79.9 cm³/mol. The van der Waals surface area contributed by atoms with Crippen molar-refractivity contribution in [3.63, 3.8) is 0 Å². The van der Waals surface area contributed by atoms with Crippen molar-refractivity contribution in [3.05, 3.63) is 35.4 Å². The maximum absolute atomic E-state index is 12.3. The highest BCUT2D eigenvalue weighted by Gasteiger charge is 2.31. The Labute approximate surface area is 125 Å². The topological polar surface area (TPSA) is 69.6 Å². The van der Waals surface area contributed by atoms with E-state index in [0.29, 0.717) is 19.5 Å². The molecular formula is C16H22N2O3. The molecule has 0 bridgehead atoms. The van der Waals surface area contributed by atoms with E-state index in [1.165, 1.54) is 11.1 Å². The number of nitrogens with one attached hydrogen (secondary N) is 1. The van der Waals surface area contributed by atoms with Crippen LogP contribution in [0.2, 0.25) is 0 Å². The predicted octanol–water partition coefficient (Wildman–Crippen LogP) is 1.41. The number of carbonyl (C=O) groups excluding carboxylic acids is 1. The van der Waals surface area contributed by atoms with Crippen LogP contribution in [0.15, 0.2) is 24.3 Å². The van der Waals surface area contributed by atoms with E-state index in [-0.39, 0.29) is 12.5 Å². The summed E-state index contributed by atoms with van der Waals surface area (Å²) in [6.45, 7) is 4.75. The number of rotatable bonds is 5. The average Bonchev–Trinajstić information content (AvgIpc) is 2.51. The molecule has 0 radical (unpaired) electrons. The monoisotopic (exact) mass is 290 g/mol. The normalized spacial score (nSPS) is 17.0. The van der Waals surface area contributed by atoms with Crippen LogP contribution in [0.25, 0.3) is 0 Å². The van der Waals surface area contributed by atoms with E-state index >= 15 is 0 Å². The van der Waals surface area contributed by atoms with Gasteiger partial charge in [0.05, 0.1) is 6.54 Å². The van der Waals surface area contributed by atoms with Gasteiger partial charge in [0.25, 0.3) is 0 Å². The lowest BCUT2D eigenvalue weighted by atomic mass is 9.98. The maximum atomic E-state index is 12.3. The molecule has 1 amide bonds. The summed E-state index contributed by atoms with van der Waals surface area (Å²) in [5.41, 5.74) is 1.41. The van der Waals surface area contributed by atoms with Crippen LogP contribution in [-0.4, -0.2) is 40.5 Å². The fraction of sp³-hybridized carbons (Fsp3) is 0.500. The van der Waals surface area contributed by atoms with Gasteiger partial charge in [-0.3, -0.25) is 14.9 Å². The van der Waals surface area contributed by atoms with Crippen molar-refractivity contribution >= 4 is 11.9 Å². The number of amides is 1. The summed E-state index contributed by atoms with van der Waals surface area (Å²) in [5.74, 6) is -0.979. The lowest BCUT2D eigenvalue weighted by Crippen LogP contribution is -2.53. The molecular weight excluding hydrogens is 268 g/mol. The Hall–Kier alpha value is -1.88. The summed E-state index contributed by atoms with van der Waals surface area (Å²) in [6.07, 6.45) is 1.28.